The number of hydrogen-bond acceptors (Lipinski definition) is 5. The number of ether oxygens (including phenoxy) is 1. The molecule has 0 aromatic heterocycles. The van der Waals surface area contributed by atoms with Crippen molar-refractivity contribution in [3.8, 4) is 0 Å². The zero-order valence-corrected chi connectivity index (χ0v) is 17.9. The summed E-state index contributed by atoms with van der Waals surface area (Å²) in [6, 6.07) is 4.19. The Morgan fingerprint density at radius 3 is 2.63 bits per heavy atom. The molecule has 3 atom stereocenters. The van der Waals surface area contributed by atoms with Crippen LogP contribution in [-0.4, -0.2) is 50.8 Å². The topological polar surface area (TPSA) is 105 Å². The summed E-state index contributed by atoms with van der Waals surface area (Å²) in [4.78, 5) is 12.1. The average molecular weight is 443 g/mol. The zero-order valence-electron chi connectivity index (χ0n) is 17.1. The molecule has 3 rings (SSSR count). The Bertz CT molecular complexity index is 813. The van der Waals surface area contributed by atoms with Crippen molar-refractivity contribution < 1.29 is 27.4 Å². The van der Waals surface area contributed by atoms with Crippen LogP contribution in [0.15, 0.2) is 29.2 Å². The summed E-state index contributed by atoms with van der Waals surface area (Å²) in [6.07, 6.45) is 6.16. The molecule has 7 nitrogen and oxygen atoms in total. The van der Waals surface area contributed by atoms with E-state index >= 15 is 0 Å². The molecule has 1 aromatic carbocycles. The smallest absolute Gasteiger partial charge is 0.241 e. The van der Waals surface area contributed by atoms with E-state index in [2.05, 4.69) is 10.0 Å². The minimum absolute atomic E-state index is 0.102. The van der Waals surface area contributed by atoms with Crippen molar-refractivity contribution >= 4 is 15.9 Å². The Hall–Kier alpha value is -1.55. The summed E-state index contributed by atoms with van der Waals surface area (Å²) in [7, 11) is -3.92. The van der Waals surface area contributed by atoms with Crippen molar-refractivity contribution in [2.75, 3.05) is 13.2 Å². The van der Waals surface area contributed by atoms with Gasteiger partial charge in [-0.1, -0.05) is 25.3 Å². The fourth-order valence-electron chi connectivity index (χ4n) is 4.25. The number of halogens is 1. The van der Waals surface area contributed by atoms with Crippen molar-refractivity contribution in [3.63, 3.8) is 0 Å². The molecule has 0 spiro atoms. The largest absolute Gasteiger partial charge is 0.394 e. The molecule has 30 heavy (non-hydrogen) atoms. The van der Waals surface area contributed by atoms with Gasteiger partial charge in [-0.05, 0) is 50.3 Å². The van der Waals surface area contributed by atoms with Gasteiger partial charge in [-0.15, -0.1) is 0 Å². The number of amides is 1. The lowest BCUT2D eigenvalue weighted by atomic mass is 9.88. The van der Waals surface area contributed by atoms with Gasteiger partial charge in [0, 0.05) is 12.5 Å². The Balaban J connectivity index is 1.48. The fraction of sp³-hybridized carbons (Fsp3) is 0.667. The molecule has 168 valence electrons. The molecule has 1 saturated carbocycles. The maximum absolute atomic E-state index is 13.4. The molecule has 1 aliphatic carbocycles. The van der Waals surface area contributed by atoms with E-state index in [-0.39, 0.29) is 29.4 Å². The SMILES string of the molecule is O=C(NCC[C@H]1CC[C@H](NS(=O)(=O)c2cccc(F)c2)[C@H](CO)O1)C1CCCCC1. The van der Waals surface area contributed by atoms with Crippen molar-refractivity contribution in [3.05, 3.63) is 30.1 Å². The highest BCUT2D eigenvalue weighted by Crippen LogP contribution is 2.25. The first-order valence-corrected chi connectivity index (χ1v) is 12.2. The minimum Gasteiger partial charge on any atom is -0.394 e. The van der Waals surface area contributed by atoms with Crippen LogP contribution >= 0.6 is 0 Å². The van der Waals surface area contributed by atoms with Crippen LogP contribution in [0.2, 0.25) is 0 Å². The van der Waals surface area contributed by atoms with Gasteiger partial charge < -0.3 is 15.2 Å². The van der Waals surface area contributed by atoms with Gasteiger partial charge in [-0.2, -0.15) is 0 Å². The number of hydrogen-bond donors (Lipinski definition) is 3. The molecule has 2 fully saturated rings. The highest BCUT2D eigenvalue weighted by atomic mass is 32.2. The van der Waals surface area contributed by atoms with E-state index in [4.69, 9.17) is 4.74 Å². The number of benzene rings is 1. The van der Waals surface area contributed by atoms with E-state index in [0.29, 0.717) is 25.8 Å². The van der Waals surface area contributed by atoms with Crippen molar-refractivity contribution in [2.45, 2.75) is 74.5 Å². The van der Waals surface area contributed by atoms with Gasteiger partial charge >= 0.3 is 0 Å². The minimum atomic E-state index is -3.92. The second-order valence-electron chi connectivity index (χ2n) is 8.16. The maximum Gasteiger partial charge on any atom is 0.241 e. The highest BCUT2D eigenvalue weighted by molar-refractivity contribution is 7.89. The molecule has 3 N–H and O–H groups in total. The summed E-state index contributed by atoms with van der Waals surface area (Å²) in [5, 5.41) is 12.7. The number of carbonyl (C=O) groups is 1. The molecule has 9 heteroatoms. The van der Waals surface area contributed by atoms with Crippen molar-refractivity contribution in [1.29, 1.82) is 0 Å². The normalized spacial score (nSPS) is 25.7. The van der Waals surface area contributed by atoms with Crippen molar-refractivity contribution in [1.82, 2.24) is 10.0 Å². The third-order valence-electron chi connectivity index (χ3n) is 5.95. The summed E-state index contributed by atoms with van der Waals surface area (Å²) in [6.45, 7) is 0.166. The Morgan fingerprint density at radius 2 is 1.93 bits per heavy atom. The molecule has 2 aliphatic rings. The molecule has 1 aromatic rings. The number of carbonyl (C=O) groups excluding carboxylic acids is 1. The average Bonchev–Trinajstić information content (AvgIpc) is 2.75. The molecule has 0 unspecified atom stereocenters. The van der Waals surface area contributed by atoms with E-state index in [9.17, 15) is 22.7 Å². The first-order valence-electron chi connectivity index (χ1n) is 10.7. The maximum atomic E-state index is 13.4. The summed E-state index contributed by atoms with van der Waals surface area (Å²) < 4.78 is 46.8. The van der Waals surface area contributed by atoms with E-state index < -0.39 is 28.0 Å². The van der Waals surface area contributed by atoms with Gasteiger partial charge in [0.25, 0.3) is 0 Å². The van der Waals surface area contributed by atoms with E-state index in [0.717, 1.165) is 31.7 Å². The van der Waals surface area contributed by atoms with Crippen LogP contribution in [0.1, 0.15) is 51.4 Å². The number of sulfonamides is 1. The third-order valence-corrected chi connectivity index (χ3v) is 7.44. The first-order chi connectivity index (χ1) is 14.4. The van der Waals surface area contributed by atoms with Crippen LogP contribution < -0.4 is 10.0 Å². The van der Waals surface area contributed by atoms with Gasteiger partial charge in [-0.25, -0.2) is 17.5 Å². The van der Waals surface area contributed by atoms with E-state index in [1.807, 2.05) is 0 Å². The summed E-state index contributed by atoms with van der Waals surface area (Å²) in [5.41, 5.74) is 0. The van der Waals surface area contributed by atoms with E-state index in [1.165, 1.54) is 24.6 Å². The molecular formula is C21H31FN2O5S. The Kier molecular flexibility index (Phi) is 8.21. The zero-order chi connectivity index (χ0) is 21.6. The molecule has 1 amide bonds. The van der Waals surface area contributed by atoms with Crippen LogP contribution in [0, 0.1) is 11.7 Å². The molecule has 0 radical (unpaired) electrons. The molecule has 0 bridgehead atoms. The predicted octanol–water partition coefficient (Wildman–Crippen LogP) is 2.10. The van der Waals surface area contributed by atoms with Crippen LogP contribution in [0.4, 0.5) is 4.39 Å². The molecule has 1 saturated heterocycles. The second-order valence-corrected chi connectivity index (χ2v) is 9.87. The van der Waals surface area contributed by atoms with Crippen molar-refractivity contribution in [2.24, 2.45) is 5.92 Å². The molecular weight excluding hydrogens is 411 g/mol. The predicted molar refractivity (Wildman–Crippen MR) is 110 cm³/mol. The highest BCUT2D eigenvalue weighted by Gasteiger charge is 2.34. The fourth-order valence-corrected chi connectivity index (χ4v) is 5.58. The van der Waals surface area contributed by atoms with Crippen LogP contribution in [-0.2, 0) is 19.6 Å². The van der Waals surface area contributed by atoms with Crippen LogP contribution in [0.3, 0.4) is 0 Å². The lowest BCUT2D eigenvalue weighted by molar-refractivity contribution is -0.126. The van der Waals surface area contributed by atoms with Crippen LogP contribution in [0.25, 0.3) is 0 Å². The quantitative estimate of drug-likeness (QED) is 0.572. The molecule has 1 aliphatic heterocycles. The monoisotopic (exact) mass is 442 g/mol. The summed E-state index contributed by atoms with van der Waals surface area (Å²) in [5.74, 6) is -0.422. The van der Waals surface area contributed by atoms with Gasteiger partial charge in [-0.3, -0.25) is 4.79 Å². The number of rotatable bonds is 8. The lowest BCUT2D eigenvalue weighted by Gasteiger charge is -2.36. The summed E-state index contributed by atoms with van der Waals surface area (Å²) >= 11 is 0. The van der Waals surface area contributed by atoms with Gasteiger partial charge in [0.1, 0.15) is 5.82 Å². The number of nitrogens with one attached hydrogen (secondary N) is 2. The Morgan fingerprint density at radius 1 is 1.17 bits per heavy atom. The standard InChI is InChI=1S/C21H31FN2O5S/c22-16-7-4-8-18(13-16)30(27,28)24-19-10-9-17(29-20(19)14-25)11-12-23-21(26)15-5-2-1-3-6-15/h4,7-8,13,15,17,19-20,24-25H,1-3,5-6,9-12,14H2,(H,23,26)/t17-,19+,20+/m1/s1. The lowest BCUT2D eigenvalue weighted by Crippen LogP contribution is -2.51. The number of aliphatic hydroxyl groups excluding tert-OH is 1. The second kappa shape index (κ2) is 10.7. The Labute approximate surface area is 177 Å². The van der Waals surface area contributed by atoms with Gasteiger partial charge in [0.05, 0.1) is 29.8 Å². The van der Waals surface area contributed by atoms with Gasteiger partial charge in [0.2, 0.25) is 15.9 Å². The third kappa shape index (κ3) is 6.23. The van der Waals surface area contributed by atoms with Gasteiger partial charge in [0.15, 0.2) is 0 Å². The number of aliphatic hydroxyl groups is 1. The molecule has 1 heterocycles. The first kappa shape index (κ1) is 23.1. The van der Waals surface area contributed by atoms with E-state index in [1.54, 1.807) is 0 Å². The van der Waals surface area contributed by atoms with Crippen LogP contribution in [0.5, 0.6) is 0 Å².